The summed E-state index contributed by atoms with van der Waals surface area (Å²) in [4.78, 5) is 19.8. The minimum absolute atomic E-state index is 0.145. The Morgan fingerprint density at radius 1 is 1.37 bits per heavy atom. The molecule has 0 amide bonds. The Labute approximate surface area is 113 Å². The lowest BCUT2D eigenvalue weighted by Crippen LogP contribution is -2.00. The van der Waals surface area contributed by atoms with Gasteiger partial charge in [-0.3, -0.25) is 4.79 Å². The average Bonchev–Trinajstić information content (AvgIpc) is 2.76. The molecule has 3 nitrogen and oxygen atoms in total. The average molecular weight is 254 g/mol. The Bertz CT molecular complexity index is 688. The lowest BCUT2D eigenvalue weighted by molar-refractivity contribution is 0.0983. The molecule has 0 unspecified atom stereocenters. The van der Waals surface area contributed by atoms with Crippen LogP contribution in [-0.2, 0) is 0 Å². The van der Waals surface area contributed by atoms with Crippen LogP contribution in [0.1, 0.15) is 41.5 Å². The largest absolute Gasteiger partial charge is 0.342 e. The van der Waals surface area contributed by atoms with E-state index in [4.69, 9.17) is 0 Å². The number of nitrogens with one attached hydrogen (secondary N) is 1. The third-order valence-corrected chi connectivity index (χ3v) is 3.25. The van der Waals surface area contributed by atoms with Crippen LogP contribution >= 0.6 is 0 Å². The summed E-state index contributed by atoms with van der Waals surface area (Å²) in [6.45, 7) is 9.42. The molecule has 0 spiro atoms. The summed E-state index contributed by atoms with van der Waals surface area (Å²) in [6, 6.07) is 3.80. The van der Waals surface area contributed by atoms with Gasteiger partial charge in [0.15, 0.2) is 5.78 Å². The van der Waals surface area contributed by atoms with E-state index in [-0.39, 0.29) is 5.78 Å². The second kappa shape index (κ2) is 5.25. The second-order valence-electron chi connectivity index (χ2n) is 4.89. The molecule has 2 aromatic rings. The standard InChI is InChI=1S/C16H18N2O/c1-5-10(2)6-7-15(19)13-8-11(3)16-14(9-13)17-12(4)18-16/h8-9H,1,6-7H2,2-4H3,(H,17,18). The van der Waals surface area contributed by atoms with Crippen LogP contribution in [0.25, 0.3) is 11.0 Å². The maximum Gasteiger partial charge on any atom is 0.163 e. The zero-order chi connectivity index (χ0) is 14.0. The first kappa shape index (κ1) is 13.3. The summed E-state index contributed by atoms with van der Waals surface area (Å²) in [5, 5.41) is 0. The smallest absolute Gasteiger partial charge is 0.163 e. The fraction of sp³-hybridized carbons (Fsp3) is 0.312. The molecule has 1 heterocycles. The van der Waals surface area contributed by atoms with Crippen molar-refractivity contribution in [3.05, 3.63) is 47.0 Å². The molecule has 98 valence electrons. The molecule has 0 fully saturated rings. The molecule has 0 saturated heterocycles. The van der Waals surface area contributed by atoms with E-state index in [1.165, 1.54) is 0 Å². The van der Waals surface area contributed by atoms with E-state index in [2.05, 4.69) is 22.3 Å². The van der Waals surface area contributed by atoms with Crippen LogP contribution in [0, 0.1) is 13.8 Å². The molecule has 3 heteroatoms. The van der Waals surface area contributed by atoms with Gasteiger partial charge >= 0.3 is 0 Å². The van der Waals surface area contributed by atoms with Crippen molar-refractivity contribution in [1.29, 1.82) is 0 Å². The van der Waals surface area contributed by atoms with Crippen molar-refractivity contribution in [2.24, 2.45) is 0 Å². The molecular weight excluding hydrogens is 236 g/mol. The molecule has 0 radical (unpaired) electrons. The molecule has 0 aliphatic heterocycles. The van der Waals surface area contributed by atoms with Gasteiger partial charge < -0.3 is 4.98 Å². The number of carbonyl (C=O) groups is 1. The van der Waals surface area contributed by atoms with Gasteiger partial charge in [-0.15, -0.1) is 5.73 Å². The van der Waals surface area contributed by atoms with Crippen molar-refractivity contribution >= 4 is 16.8 Å². The third kappa shape index (κ3) is 2.83. The van der Waals surface area contributed by atoms with E-state index in [1.807, 2.05) is 32.9 Å². The third-order valence-electron chi connectivity index (χ3n) is 3.25. The van der Waals surface area contributed by atoms with Crippen LogP contribution in [0.3, 0.4) is 0 Å². The van der Waals surface area contributed by atoms with Gasteiger partial charge in [0, 0.05) is 12.0 Å². The molecule has 0 atom stereocenters. The Morgan fingerprint density at radius 3 is 2.79 bits per heavy atom. The minimum Gasteiger partial charge on any atom is -0.342 e. The molecule has 0 aliphatic carbocycles. The number of rotatable bonds is 4. The zero-order valence-electron chi connectivity index (χ0n) is 11.6. The number of benzene rings is 1. The van der Waals surface area contributed by atoms with Gasteiger partial charge in [-0.2, -0.15) is 0 Å². The maximum absolute atomic E-state index is 12.2. The number of aromatic nitrogens is 2. The van der Waals surface area contributed by atoms with Crippen LogP contribution < -0.4 is 0 Å². The van der Waals surface area contributed by atoms with Crippen molar-refractivity contribution in [2.75, 3.05) is 0 Å². The van der Waals surface area contributed by atoms with E-state index in [0.29, 0.717) is 12.8 Å². The van der Waals surface area contributed by atoms with Crippen LogP contribution in [0.2, 0.25) is 0 Å². The van der Waals surface area contributed by atoms with Crippen LogP contribution in [0.5, 0.6) is 0 Å². The lowest BCUT2D eigenvalue weighted by Gasteiger charge is -2.03. The Kier molecular flexibility index (Phi) is 3.68. The zero-order valence-corrected chi connectivity index (χ0v) is 11.6. The van der Waals surface area contributed by atoms with E-state index in [1.54, 1.807) is 0 Å². The predicted octanol–water partition coefficient (Wildman–Crippen LogP) is 3.87. The highest BCUT2D eigenvalue weighted by molar-refractivity contribution is 5.99. The number of allylic oxidation sites excluding steroid dienone is 1. The molecule has 1 N–H and O–H groups in total. The monoisotopic (exact) mass is 254 g/mol. The van der Waals surface area contributed by atoms with Crippen molar-refractivity contribution in [2.45, 2.75) is 33.6 Å². The van der Waals surface area contributed by atoms with Crippen molar-refractivity contribution in [1.82, 2.24) is 9.97 Å². The SMILES string of the molecule is C=C=C(C)CCC(=O)c1cc(C)c2nc(C)[nH]c2c1. The van der Waals surface area contributed by atoms with E-state index in [0.717, 1.165) is 33.6 Å². The summed E-state index contributed by atoms with van der Waals surface area (Å²) >= 11 is 0. The first-order valence-electron chi connectivity index (χ1n) is 6.37. The number of aryl methyl sites for hydroxylation is 2. The number of Topliss-reactive ketones (excluding diaryl/α,β-unsaturated/α-hetero) is 1. The van der Waals surface area contributed by atoms with Crippen LogP contribution in [0.15, 0.2) is 30.0 Å². The quantitative estimate of drug-likeness (QED) is 0.665. The number of nitrogens with zero attached hydrogens (tertiary/aromatic N) is 1. The van der Waals surface area contributed by atoms with Crippen LogP contribution in [-0.4, -0.2) is 15.8 Å². The molecule has 1 aromatic heterocycles. The Balaban J connectivity index is 2.29. The molecule has 19 heavy (non-hydrogen) atoms. The van der Waals surface area contributed by atoms with Crippen molar-refractivity contribution in [3.8, 4) is 0 Å². The van der Waals surface area contributed by atoms with Gasteiger partial charge in [-0.05, 0) is 50.5 Å². The topological polar surface area (TPSA) is 45.8 Å². The number of hydrogen-bond donors (Lipinski definition) is 1. The number of imidazole rings is 1. The molecule has 1 aromatic carbocycles. The van der Waals surface area contributed by atoms with E-state index >= 15 is 0 Å². The maximum atomic E-state index is 12.2. The number of fused-ring (bicyclic) bond motifs is 1. The number of hydrogen-bond acceptors (Lipinski definition) is 2. The first-order chi connectivity index (χ1) is 9.01. The van der Waals surface area contributed by atoms with Crippen LogP contribution in [0.4, 0.5) is 0 Å². The van der Waals surface area contributed by atoms with E-state index < -0.39 is 0 Å². The minimum atomic E-state index is 0.145. The molecule has 2 rings (SSSR count). The number of aromatic amines is 1. The molecule has 0 saturated carbocycles. The summed E-state index contributed by atoms with van der Waals surface area (Å²) in [7, 11) is 0. The Morgan fingerprint density at radius 2 is 2.11 bits per heavy atom. The Hall–Kier alpha value is -2.12. The summed E-state index contributed by atoms with van der Waals surface area (Å²) in [5.74, 6) is 1.01. The lowest BCUT2D eigenvalue weighted by atomic mass is 10.0. The van der Waals surface area contributed by atoms with Gasteiger partial charge in [-0.25, -0.2) is 4.98 Å². The summed E-state index contributed by atoms with van der Waals surface area (Å²) in [6.07, 6.45) is 1.20. The fourth-order valence-corrected chi connectivity index (χ4v) is 2.11. The van der Waals surface area contributed by atoms with Crippen molar-refractivity contribution in [3.63, 3.8) is 0 Å². The van der Waals surface area contributed by atoms with Crippen molar-refractivity contribution < 1.29 is 4.79 Å². The van der Waals surface area contributed by atoms with Gasteiger partial charge in [0.1, 0.15) is 5.82 Å². The summed E-state index contributed by atoms with van der Waals surface area (Å²) in [5.41, 5.74) is 7.47. The number of H-pyrrole nitrogens is 1. The van der Waals surface area contributed by atoms with Gasteiger partial charge in [0.05, 0.1) is 11.0 Å². The first-order valence-corrected chi connectivity index (χ1v) is 6.37. The van der Waals surface area contributed by atoms with Gasteiger partial charge in [0.25, 0.3) is 0 Å². The molecular formula is C16H18N2O. The number of ketones is 1. The fourth-order valence-electron chi connectivity index (χ4n) is 2.11. The predicted molar refractivity (Wildman–Crippen MR) is 77.5 cm³/mol. The number of carbonyl (C=O) groups excluding carboxylic acids is 1. The highest BCUT2D eigenvalue weighted by atomic mass is 16.1. The highest BCUT2D eigenvalue weighted by Gasteiger charge is 2.11. The summed E-state index contributed by atoms with van der Waals surface area (Å²) < 4.78 is 0. The second-order valence-corrected chi connectivity index (χ2v) is 4.89. The normalized spacial score (nSPS) is 10.5. The highest BCUT2D eigenvalue weighted by Crippen LogP contribution is 2.20. The van der Waals surface area contributed by atoms with E-state index in [9.17, 15) is 4.79 Å². The molecule has 0 aliphatic rings. The van der Waals surface area contributed by atoms with Gasteiger partial charge in [-0.1, -0.05) is 6.58 Å². The van der Waals surface area contributed by atoms with Gasteiger partial charge in [0.2, 0.25) is 0 Å². The molecule has 0 bridgehead atoms.